The molecule has 7 nitrogen and oxygen atoms in total. The number of hydrogen-bond donors (Lipinski definition) is 1. The van der Waals surface area contributed by atoms with Gasteiger partial charge < -0.3 is 9.51 Å². The van der Waals surface area contributed by atoms with E-state index in [0.29, 0.717) is 17.8 Å². The maximum atomic E-state index is 5.35. The van der Waals surface area contributed by atoms with Gasteiger partial charge in [0.05, 0.1) is 29.1 Å². The van der Waals surface area contributed by atoms with Crippen LogP contribution in [0, 0.1) is 0 Å². The van der Waals surface area contributed by atoms with Crippen molar-refractivity contribution in [2.45, 2.75) is 19.9 Å². The van der Waals surface area contributed by atoms with Gasteiger partial charge in [-0.05, 0) is 32.0 Å². The number of aromatic nitrogens is 6. The van der Waals surface area contributed by atoms with Gasteiger partial charge in [0.2, 0.25) is 5.82 Å². The minimum Gasteiger partial charge on any atom is -0.345 e. The van der Waals surface area contributed by atoms with Crippen molar-refractivity contribution < 1.29 is 4.52 Å². The van der Waals surface area contributed by atoms with Crippen molar-refractivity contribution in [1.29, 1.82) is 0 Å². The third-order valence-corrected chi connectivity index (χ3v) is 3.48. The second-order valence-corrected chi connectivity index (χ2v) is 5.36. The third-order valence-electron chi connectivity index (χ3n) is 3.48. The number of rotatable bonds is 3. The van der Waals surface area contributed by atoms with Crippen LogP contribution in [0.4, 0.5) is 0 Å². The zero-order valence-corrected chi connectivity index (χ0v) is 12.2. The van der Waals surface area contributed by atoms with Gasteiger partial charge in [0, 0.05) is 17.8 Å². The summed E-state index contributed by atoms with van der Waals surface area (Å²) in [5.74, 6) is 1.01. The van der Waals surface area contributed by atoms with E-state index in [2.05, 4.69) is 39.1 Å². The van der Waals surface area contributed by atoms with E-state index in [0.717, 1.165) is 22.2 Å². The van der Waals surface area contributed by atoms with E-state index in [4.69, 9.17) is 4.52 Å². The first-order chi connectivity index (χ1) is 10.7. The van der Waals surface area contributed by atoms with Crippen molar-refractivity contribution in [2.24, 2.45) is 0 Å². The number of aromatic amines is 1. The molecule has 7 heteroatoms. The highest BCUT2D eigenvalue weighted by atomic mass is 16.5. The van der Waals surface area contributed by atoms with Gasteiger partial charge in [0.15, 0.2) is 0 Å². The van der Waals surface area contributed by atoms with Gasteiger partial charge in [0.1, 0.15) is 0 Å². The first kappa shape index (κ1) is 12.8. The standard InChI is InChI=1S/C15H14N6O/c1-9(2)21-7-11(6-18-21)15-19-14(20-22-15)10-3-4-12-13(5-10)17-8-16-12/h3-9H,1-2H3,(H,16,17). The van der Waals surface area contributed by atoms with Crippen LogP contribution in [0.3, 0.4) is 0 Å². The fourth-order valence-electron chi connectivity index (χ4n) is 2.26. The SMILES string of the molecule is CC(C)n1cc(-c2nc(-c3ccc4nc[nH]c4c3)no2)cn1. The Bertz CT molecular complexity index is 932. The highest BCUT2D eigenvalue weighted by molar-refractivity contribution is 5.80. The fraction of sp³-hybridized carbons (Fsp3) is 0.200. The smallest absolute Gasteiger partial charge is 0.261 e. The molecule has 1 N–H and O–H groups in total. The van der Waals surface area contributed by atoms with Gasteiger partial charge in [-0.25, -0.2) is 4.98 Å². The predicted octanol–water partition coefficient (Wildman–Crippen LogP) is 3.06. The molecule has 0 bridgehead atoms. The average Bonchev–Trinajstić information content (AvgIpc) is 3.25. The van der Waals surface area contributed by atoms with Crippen LogP contribution in [-0.4, -0.2) is 29.9 Å². The molecule has 22 heavy (non-hydrogen) atoms. The quantitative estimate of drug-likeness (QED) is 0.627. The van der Waals surface area contributed by atoms with E-state index in [1.807, 2.05) is 29.1 Å². The van der Waals surface area contributed by atoms with Crippen molar-refractivity contribution in [1.82, 2.24) is 29.9 Å². The summed E-state index contributed by atoms with van der Waals surface area (Å²) in [5, 5.41) is 8.33. The third kappa shape index (κ3) is 2.07. The van der Waals surface area contributed by atoms with Crippen molar-refractivity contribution in [2.75, 3.05) is 0 Å². The number of fused-ring (bicyclic) bond motifs is 1. The van der Waals surface area contributed by atoms with Crippen LogP contribution in [0.1, 0.15) is 19.9 Å². The molecular formula is C15H14N6O. The molecule has 0 amide bonds. The molecule has 0 saturated carbocycles. The number of hydrogen-bond acceptors (Lipinski definition) is 5. The summed E-state index contributed by atoms with van der Waals surface area (Å²) in [6, 6.07) is 6.09. The van der Waals surface area contributed by atoms with Crippen LogP contribution in [0.25, 0.3) is 33.9 Å². The van der Waals surface area contributed by atoms with E-state index in [-0.39, 0.29) is 0 Å². The van der Waals surface area contributed by atoms with Gasteiger partial charge in [-0.2, -0.15) is 10.1 Å². The monoisotopic (exact) mass is 294 g/mol. The summed E-state index contributed by atoms with van der Waals surface area (Å²) in [6.07, 6.45) is 5.30. The molecule has 0 aliphatic heterocycles. The predicted molar refractivity (Wildman–Crippen MR) is 81.0 cm³/mol. The summed E-state index contributed by atoms with van der Waals surface area (Å²) in [4.78, 5) is 11.7. The lowest BCUT2D eigenvalue weighted by molar-refractivity contribution is 0.432. The normalized spacial score (nSPS) is 11.6. The van der Waals surface area contributed by atoms with E-state index in [1.54, 1.807) is 12.5 Å². The number of imidazole rings is 1. The molecule has 0 atom stereocenters. The maximum Gasteiger partial charge on any atom is 0.261 e. The van der Waals surface area contributed by atoms with Gasteiger partial charge >= 0.3 is 0 Å². The lowest BCUT2D eigenvalue weighted by Gasteiger charge is -2.02. The first-order valence-corrected chi connectivity index (χ1v) is 7.02. The van der Waals surface area contributed by atoms with Crippen molar-refractivity contribution >= 4 is 11.0 Å². The largest absolute Gasteiger partial charge is 0.345 e. The summed E-state index contributed by atoms with van der Waals surface area (Å²) in [5.41, 5.74) is 3.54. The molecule has 0 radical (unpaired) electrons. The molecule has 3 heterocycles. The van der Waals surface area contributed by atoms with Crippen LogP contribution in [0.2, 0.25) is 0 Å². The van der Waals surface area contributed by atoms with Crippen molar-refractivity contribution in [3.8, 4) is 22.8 Å². The Morgan fingerprint density at radius 1 is 1.23 bits per heavy atom. The molecule has 0 saturated heterocycles. The molecule has 0 aliphatic carbocycles. The molecular weight excluding hydrogens is 280 g/mol. The molecule has 0 aliphatic rings. The number of benzene rings is 1. The molecule has 1 aromatic carbocycles. The van der Waals surface area contributed by atoms with Crippen molar-refractivity contribution in [3.63, 3.8) is 0 Å². The summed E-state index contributed by atoms with van der Waals surface area (Å²) in [7, 11) is 0. The Hall–Kier alpha value is -2.96. The van der Waals surface area contributed by atoms with Gasteiger partial charge in [-0.15, -0.1) is 0 Å². The van der Waals surface area contributed by atoms with E-state index < -0.39 is 0 Å². The first-order valence-electron chi connectivity index (χ1n) is 7.02. The van der Waals surface area contributed by atoms with Crippen LogP contribution in [0.15, 0.2) is 41.4 Å². The molecule has 0 fully saturated rings. The summed E-state index contributed by atoms with van der Waals surface area (Å²) < 4.78 is 7.21. The lowest BCUT2D eigenvalue weighted by atomic mass is 10.2. The minimum atomic E-state index is 0.291. The average molecular weight is 294 g/mol. The van der Waals surface area contributed by atoms with Crippen molar-refractivity contribution in [3.05, 3.63) is 36.9 Å². The zero-order chi connectivity index (χ0) is 15.1. The van der Waals surface area contributed by atoms with E-state index in [9.17, 15) is 0 Å². The topological polar surface area (TPSA) is 85.4 Å². The summed E-state index contributed by atoms with van der Waals surface area (Å²) >= 11 is 0. The molecule has 3 aromatic heterocycles. The number of nitrogens with one attached hydrogen (secondary N) is 1. The fourth-order valence-corrected chi connectivity index (χ4v) is 2.26. The molecule has 4 rings (SSSR count). The molecule has 4 aromatic rings. The summed E-state index contributed by atoms with van der Waals surface area (Å²) in [6.45, 7) is 4.13. The van der Waals surface area contributed by atoms with Gasteiger partial charge in [-0.1, -0.05) is 5.16 Å². The molecule has 110 valence electrons. The second-order valence-electron chi connectivity index (χ2n) is 5.36. The van der Waals surface area contributed by atoms with Crippen LogP contribution in [0.5, 0.6) is 0 Å². The van der Waals surface area contributed by atoms with Gasteiger partial charge in [0.25, 0.3) is 5.89 Å². The Kier molecular flexibility index (Phi) is 2.78. The maximum absolute atomic E-state index is 5.35. The second kappa shape index (κ2) is 4.80. The Morgan fingerprint density at radius 3 is 2.95 bits per heavy atom. The van der Waals surface area contributed by atoms with E-state index in [1.165, 1.54) is 0 Å². The van der Waals surface area contributed by atoms with Crippen LogP contribution >= 0.6 is 0 Å². The van der Waals surface area contributed by atoms with E-state index >= 15 is 0 Å². The number of nitrogens with zero attached hydrogens (tertiary/aromatic N) is 5. The Labute approximate surface area is 126 Å². The Balaban J connectivity index is 1.70. The number of H-pyrrole nitrogens is 1. The minimum absolute atomic E-state index is 0.291. The molecule has 0 unspecified atom stereocenters. The highest BCUT2D eigenvalue weighted by Gasteiger charge is 2.13. The highest BCUT2D eigenvalue weighted by Crippen LogP contribution is 2.24. The Morgan fingerprint density at radius 2 is 2.14 bits per heavy atom. The lowest BCUT2D eigenvalue weighted by Crippen LogP contribution is -1.99. The molecule has 0 spiro atoms. The van der Waals surface area contributed by atoms with Crippen LogP contribution in [-0.2, 0) is 0 Å². The van der Waals surface area contributed by atoms with Crippen LogP contribution < -0.4 is 0 Å². The zero-order valence-electron chi connectivity index (χ0n) is 12.2. The van der Waals surface area contributed by atoms with Gasteiger partial charge in [-0.3, -0.25) is 4.68 Å².